The van der Waals surface area contributed by atoms with Crippen molar-refractivity contribution in [2.45, 2.75) is 19.8 Å². The maximum atomic E-state index is 10.3. The van der Waals surface area contributed by atoms with E-state index in [4.69, 9.17) is 0 Å². The van der Waals surface area contributed by atoms with Gasteiger partial charge in [0.15, 0.2) is 0 Å². The number of phenols is 1. The fourth-order valence-corrected chi connectivity index (χ4v) is 2.76. The zero-order valence-corrected chi connectivity index (χ0v) is 11.8. The van der Waals surface area contributed by atoms with Gasteiger partial charge in [0.2, 0.25) is 0 Å². The molecule has 0 spiro atoms. The van der Waals surface area contributed by atoms with Crippen molar-refractivity contribution in [3.63, 3.8) is 0 Å². The molecule has 3 aromatic carbocycles. The number of aromatic hydroxyl groups is 1. The van der Waals surface area contributed by atoms with Crippen molar-refractivity contribution in [3.05, 3.63) is 77.4 Å². The van der Waals surface area contributed by atoms with Crippen LogP contribution < -0.4 is 0 Å². The quantitative estimate of drug-likeness (QED) is 0.688. The third-order valence-corrected chi connectivity index (χ3v) is 3.96. The average molecular weight is 262 g/mol. The molecule has 0 aromatic heterocycles. The van der Waals surface area contributed by atoms with Crippen molar-refractivity contribution < 1.29 is 5.11 Å². The lowest BCUT2D eigenvalue weighted by atomic mass is 9.88. The Morgan fingerprint density at radius 1 is 0.850 bits per heavy atom. The molecule has 1 nitrogen and oxygen atoms in total. The van der Waals surface area contributed by atoms with Gasteiger partial charge in [0, 0.05) is 11.5 Å². The fraction of sp³-hybridized carbons (Fsp3) is 0.158. The topological polar surface area (TPSA) is 20.2 Å². The van der Waals surface area contributed by atoms with Gasteiger partial charge in [-0.2, -0.15) is 0 Å². The summed E-state index contributed by atoms with van der Waals surface area (Å²) in [5.74, 6) is 0.540. The van der Waals surface area contributed by atoms with Crippen LogP contribution in [-0.4, -0.2) is 5.11 Å². The minimum atomic E-state index is 0.168. The van der Waals surface area contributed by atoms with E-state index >= 15 is 0 Å². The van der Waals surface area contributed by atoms with Crippen LogP contribution in [0.2, 0.25) is 0 Å². The van der Waals surface area contributed by atoms with Crippen molar-refractivity contribution >= 4 is 10.8 Å². The molecule has 20 heavy (non-hydrogen) atoms. The maximum Gasteiger partial charge on any atom is 0.120 e. The molecule has 0 bridgehead atoms. The fourth-order valence-electron chi connectivity index (χ4n) is 2.76. The first-order valence-corrected chi connectivity index (χ1v) is 6.94. The van der Waals surface area contributed by atoms with Crippen LogP contribution in [0.15, 0.2) is 60.7 Å². The Morgan fingerprint density at radius 2 is 1.55 bits per heavy atom. The molecule has 3 rings (SSSR count). The van der Waals surface area contributed by atoms with E-state index in [0.29, 0.717) is 5.75 Å². The van der Waals surface area contributed by atoms with Crippen LogP contribution in [0.1, 0.15) is 29.5 Å². The molecule has 1 heteroatoms. The summed E-state index contributed by atoms with van der Waals surface area (Å²) in [6.45, 7) is 4.23. The molecule has 0 saturated heterocycles. The number of hydrogen-bond donors (Lipinski definition) is 1. The summed E-state index contributed by atoms with van der Waals surface area (Å²) in [6, 6.07) is 20.5. The van der Waals surface area contributed by atoms with Crippen molar-refractivity contribution in [2.24, 2.45) is 0 Å². The molecule has 0 saturated carbocycles. The minimum absolute atomic E-state index is 0.168. The average Bonchev–Trinajstić information content (AvgIpc) is 2.47. The van der Waals surface area contributed by atoms with Gasteiger partial charge in [-0.15, -0.1) is 0 Å². The van der Waals surface area contributed by atoms with E-state index in [9.17, 15) is 5.11 Å². The van der Waals surface area contributed by atoms with Gasteiger partial charge in [0.25, 0.3) is 0 Å². The molecule has 0 radical (unpaired) electrons. The smallest absolute Gasteiger partial charge is 0.120 e. The standard InChI is InChI=1S/C19H18O/c1-13-7-9-15(10-8-13)14(2)19-17-6-4-3-5-16(17)11-12-18(19)20/h3-12,14,20H,1-2H3. The van der Waals surface area contributed by atoms with E-state index in [2.05, 4.69) is 50.2 Å². The summed E-state index contributed by atoms with van der Waals surface area (Å²) in [5, 5.41) is 12.6. The molecule has 0 amide bonds. The molecule has 1 N–H and O–H groups in total. The Bertz CT molecular complexity index is 741. The van der Waals surface area contributed by atoms with Crippen LogP contribution >= 0.6 is 0 Å². The zero-order chi connectivity index (χ0) is 14.1. The lowest BCUT2D eigenvalue weighted by Crippen LogP contribution is -1.98. The van der Waals surface area contributed by atoms with Crippen LogP contribution in [0.25, 0.3) is 10.8 Å². The molecule has 0 fully saturated rings. The Hall–Kier alpha value is -2.28. The summed E-state index contributed by atoms with van der Waals surface area (Å²) in [5.41, 5.74) is 3.48. The lowest BCUT2D eigenvalue weighted by Gasteiger charge is -2.17. The summed E-state index contributed by atoms with van der Waals surface area (Å²) in [6.07, 6.45) is 0. The van der Waals surface area contributed by atoms with Gasteiger partial charge in [-0.3, -0.25) is 0 Å². The Balaban J connectivity index is 2.18. The third kappa shape index (κ3) is 2.16. The molecule has 3 aromatic rings. The van der Waals surface area contributed by atoms with E-state index < -0.39 is 0 Å². The van der Waals surface area contributed by atoms with Gasteiger partial charge in [0.05, 0.1) is 0 Å². The highest BCUT2D eigenvalue weighted by atomic mass is 16.3. The van der Waals surface area contributed by atoms with Gasteiger partial charge >= 0.3 is 0 Å². The second kappa shape index (κ2) is 5.01. The number of rotatable bonds is 2. The first-order valence-electron chi connectivity index (χ1n) is 6.94. The first-order chi connectivity index (χ1) is 9.66. The van der Waals surface area contributed by atoms with Crippen LogP contribution in [0.3, 0.4) is 0 Å². The summed E-state index contributed by atoms with van der Waals surface area (Å²) < 4.78 is 0. The van der Waals surface area contributed by atoms with E-state index in [0.717, 1.165) is 10.9 Å². The zero-order valence-electron chi connectivity index (χ0n) is 11.8. The van der Waals surface area contributed by atoms with Crippen LogP contribution in [-0.2, 0) is 0 Å². The molecule has 1 unspecified atom stereocenters. The molecule has 0 aliphatic rings. The molecule has 100 valence electrons. The molecule has 1 atom stereocenters. The van der Waals surface area contributed by atoms with Gasteiger partial charge in [-0.05, 0) is 29.3 Å². The maximum absolute atomic E-state index is 10.3. The molecular weight excluding hydrogens is 244 g/mol. The highest BCUT2D eigenvalue weighted by molar-refractivity contribution is 5.88. The second-order valence-corrected chi connectivity index (χ2v) is 5.35. The highest BCUT2D eigenvalue weighted by Crippen LogP contribution is 2.36. The Kier molecular flexibility index (Phi) is 3.19. The molecule has 0 aliphatic carbocycles. The number of hydrogen-bond acceptors (Lipinski definition) is 1. The number of phenolic OH excluding ortho intramolecular Hbond substituents is 1. The van der Waals surface area contributed by atoms with Gasteiger partial charge in [0.1, 0.15) is 5.75 Å². The summed E-state index contributed by atoms with van der Waals surface area (Å²) >= 11 is 0. The van der Waals surface area contributed by atoms with Crippen LogP contribution in [0, 0.1) is 6.92 Å². The van der Waals surface area contributed by atoms with E-state index in [1.165, 1.54) is 16.5 Å². The highest BCUT2D eigenvalue weighted by Gasteiger charge is 2.15. The predicted octanol–water partition coefficient (Wildman–Crippen LogP) is 5.01. The lowest BCUT2D eigenvalue weighted by molar-refractivity contribution is 0.467. The SMILES string of the molecule is Cc1ccc(C(C)c2c(O)ccc3ccccc23)cc1. The van der Waals surface area contributed by atoms with Crippen molar-refractivity contribution in [1.29, 1.82) is 0 Å². The van der Waals surface area contributed by atoms with E-state index in [-0.39, 0.29) is 5.92 Å². The number of aryl methyl sites for hydroxylation is 1. The van der Waals surface area contributed by atoms with Gasteiger partial charge < -0.3 is 5.11 Å². The molecule has 0 heterocycles. The number of benzene rings is 3. The van der Waals surface area contributed by atoms with E-state index in [1.54, 1.807) is 6.07 Å². The summed E-state index contributed by atoms with van der Waals surface area (Å²) in [4.78, 5) is 0. The Labute approximate surface area is 119 Å². The minimum Gasteiger partial charge on any atom is -0.508 e. The first kappa shape index (κ1) is 12.7. The third-order valence-electron chi connectivity index (χ3n) is 3.96. The monoisotopic (exact) mass is 262 g/mol. The molecular formula is C19H18O. The van der Waals surface area contributed by atoms with Crippen molar-refractivity contribution in [3.8, 4) is 5.75 Å². The summed E-state index contributed by atoms with van der Waals surface area (Å²) in [7, 11) is 0. The predicted molar refractivity (Wildman–Crippen MR) is 84.3 cm³/mol. The van der Waals surface area contributed by atoms with Crippen molar-refractivity contribution in [2.75, 3.05) is 0 Å². The molecule has 0 aliphatic heterocycles. The normalized spacial score (nSPS) is 12.5. The van der Waals surface area contributed by atoms with Crippen LogP contribution in [0.5, 0.6) is 5.75 Å². The van der Waals surface area contributed by atoms with E-state index in [1.807, 2.05) is 18.2 Å². The van der Waals surface area contributed by atoms with Gasteiger partial charge in [-0.25, -0.2) is 0 Å². The van der Waals surface area contributed by atoms with Crippen LogP contribution in [0.4, 0.5) is 0 Å². The van der Waals surface area contributed by atoms with Crippen molar-refractivity contribution in [1.82, 2.24) is 0 Å². The van der Waals surface area contributed by atoms with Gasteiger partial charge in [-0.1, -0.05) is 67.1 Å². The second-order valence-electron chi connectivity index (χ2n) is 5.35. The Morgan fingerprint density at radius 3 is 2.30 bits per heavy atom. The number of fused-ring (bicyclic) bond motifs is 1. The largest absolute Gasteiger partial charge is 0.508 e.